The number of nitrogens with two attached hydrogens (primary N) is 1. The van der Waals surface area contributed by atoms with Crippen LogP contribution in [0.4, 0.5) is 0 Å². The second-order valence-electron chi connectivity index (χ2n) is 3.78. The normalized spacial score (nSPS) is 14.5. The van der Waals surface area contributed by atoms with Gasteiger partial charge in [-0.05, 0) is 24.3 Å². The molecule has 0 spiro atoms. The van der Waals surface area contributed by atoms with Crippen LogP contribution in [0.25, 0.3) is 5.57 Å². The number of sulfonamides is 1. The fourth-order valence-electron chi connectivity index (χ4n) is 1.66. The highest BCUT2D eigenvalue weighted by molar-refractivity contribution is 7.89. The first-order chi connectivity index (χ1) is 9.02. The van der Waals surface area contributed by atoms with Crippen LogP contribution in [0.5, 0.6) is 5.75 Å². The highest BCUT2D eigenvalue weighted by Gasteiger charge is 2.17. The minimum atomic E-state index is -3.82. The van der Waals surface area contributed by atoms with E-state index >= 15 is 0 Å². The lowest BCUT2D eigenvalue weighted by Crippen LogP contribution is -2.14. The van der Waals surface area contributed by atoms with E-state index in [0.717, 1.165) is 0 Å². The van der Waals surface area contributed by atoms with Gasteiger partial charge in [-0.25, -0.2) is 13.6 Å². The lowest BCUT2D eigenvalue weighted by Gasteiger charge is -2.10. The van der Waals surface area contributed by atoms with Crippen LogP contribution in [0.2, 0.25) is 0 Å². The third-order valence-electron chi connectivity index (χ3n) is 2.53. The quantitative estimate of drug-likeness (QED) is 0.857. The Kier molecular flexibility index (Phi) is 3.68. The van der Waals surface area contributed by atoms with E-state index in [1.54, 1.807) is 30.5 Å². The lowest BCUT2D eigenvalue weighted by molar-refractivity contribution is 0.414. The third kappa shape index (κ3) is 3.01. The summed E-state index contributed by atoms with van der Waals surface area (Å²) in [6.07, 6.45) is 6.59. The van der Waals surface area contributed by atoms with Crippen LogP contribution in [0.1, 0.15) is 5.56 Å². The average molecular weight is 279 g/mol. The van der Waals surface area contributed by atoms with Gasteiger partial charge in [-0.15, -0.1) is 0 Å². The van der Waals surface area contributed by atoms with E-state index < -0.39 is 10.0 Å². The number of nitrogens with one attached hydrogen (secondary N) is 1. The summed E-state index contributed by atoms with van der Waals surface area (Å²) in [5.41, 5.74) is 3.72. The van der Waals surface area contributed by atoms with Crippen molar-refractivity contribution in [2.75, 3.05) is 7.11 Å². The van der Waals surface area contributed by atoms with Crippen molar-refractivity contribution in [3.05, 3.63) is 42.1 Å². The Morgan fingerprint density at radius 2 is 2.16 bits per heavy atom. The minimum absolute atomic E-state index is 0.0290. The molecule has 1 aromatic rings. The summed E-state index contributed by atoms with van der Waals surface area (Å²) in [4.78, 5) is 0.0290. The number of hydrogen-bond acceptors (Lipinski definition) is 5. The smallest absolute Gasteiger partial charge is 0.238 e. The molecule has 1 aliphatic heterocycles. The van der Waals surface area contributed by atoms with Crippen LogP contribution in [0.3, 0.4) is 0 Å². The van der Waals surface area contributed by atoms with Gasteiger partial charge in [0.1, 0.15) is 5.75 Å². The molecule has 0 amide bonds. The molecule has 0 unspecified atom stereocenters. The minimum Gasteiger partial charge on any atom is -0.497 e. The summed E-state index contributed by atoms with van der Waals surface area (Å²) >= 11 is 0. The largest absolute Gasteiger partial charge is 0.497 e. The fourth-order valence-corrected chi connectivity index (χ4v) is 2.40. The molecule has 100 valence electrons. The number of hydrogen-bond donors (Lipinski definition) is 2. The molecule has 3 N–H and O–H groups in total. The van der Waals surface area contributed by atoms with Crippen molar-refractivity contribution in [1.82, 2.24) is 5.43 Å². The number of primary sulfonamides is 1. The first-order valence-electron chi connectivity index (χ1n) is 5.39. The van der Waals surface area contributed by atoms with Gasteiger partial charge in [0.25, 0.3) is 0 Å². The summed E-state index contributed by atoms with van der Waals surface area (Å²) in [5.74, 6) is 0.540. The highest BCUT2D eigenvalue weighted by atomic mass is 32.2. The molecule has 0 atom stereocenters. The second kappa shape index (κ2) is 5.25. The van der Waals surface area contributed by atoms with Crippen LogP contribution in [0, 0.1) is 0 Å². The molecule has 0 saturated heterocycles. The van der Waals surface area contributed by atoms with Crippen LogP contribution >= 0.6 is 0 Å². The number of hydrazone groups is 1. The van der Waals surface area contributed by atoms with Gasteiger partial charge in [-0.1, -0.05) is 6.08 Å². The molecule has 0 fully saturated rings. The number of nitrogens with zero attached hydrogens (tertiary/aromatic N) is 1. The Balaban J connectivity index is 2.65. The molecule has 1 heterocycles. The maximum absolute atomic E-state index is 11.6. The molecule has 0 aromatic heterocycles. The Hall–Kier alpha value is -2.12. The lowest BCUT2D eigenvalue weighted by atomic mass is 10.1. The Morgan fingerprint density at radius 3 is 2.84 bits per heavy atom. The van der Waals surface area contributed by atoms with Gasteiger partial charge in [-0.2, -0.15) is 5.10 Å². The number of ether oxygens (including phenoxy) is 1. The van der Waals surface area contributed by atoms with Gasteiger partial charge in [0.05, 0.1) is 18.2 Å². The zero-order chi connectivity index (χ0) is 13.9. The SMILES string of the molecule is COc1ccc(S(N)(=O)=O)c(C2=CC=CNN=C2)c1. The van der Waals surface area contributed by atoms with Gasteiger partial charge < -0.3 is 4.74 Å². The molecule has 19 heavy (non-hydrogen) atoms. The summed E-state index contributed by atoms with van der Waals surface area (Å²) < 4.78 is 28.3. The summed E-state index contributed by atoms with van der Waals surface area (Å²) in [7, 11) is -2.32. The molecule has 6 nitrogen and oxygen atoms in total. The predicted octanol–water partition coefficient (Wildman–Crippen LogP) is 0.829. The van der Waals surface area contributed by atoms with Crippen molar-refractivity contribution in [2.24, 2.45) is 10.2 Å². The van der Waals surface area contributed by atoms with Crippen molar-refractivity contribution in [1.29, 1.82) is 0 Å². The van der Waals surface area contributed by atoms with E-state index in [9.17, 15) is 8.42 Å². The first-order valence-corrected chi connectivity index (χ1v) is 6.93. The molecule has 0 radical (unpaired) electrons. The van der Waals surface area contributed by atoms with Crippen molar-refractivity contribution in [2.45, 2.75) is 4.90 Å². The number of rotatable bonds is 3. The van der Waals surface area contributed by atoms with Crippen LogP contribution in [-0.4, -0.2) is 21.7 Å². The van der Waals surface area contributed by atoms with Crippen molar-refractivity contribution in [3.8, 4) is 5.75 Å². The molecule has 0 bridgehead atoms. The van der Waals surface area contributed by atoms with E-state index in [-0.39, 0.29) is 4.90 Å². The third-order valence-corrected chi connectivity index (χ3v) is 3.50. The maximum Gasteiger partial charge on any atom is 0.238 e. The van der Waals surface area contributed by atoms with Gasteiger partial charge in [0, 0.05) is 17.3 Å². The number of methoxy groups -OCH3 is 1. The highest BCUT2D eigenvalue weighted by Crippen LogP contribution is 2.26. The van der Waals surface area contributed by atoms with E-state index in [1.807, 2.05) is 0 Å². The molecular formula is C12H13N3O3S. The standard InChI is InChI=1S/C12H13N3O3S/c1-18-10-4-5-12(19(13,16)17)11(7-10)9-3-2-6-14-15-8-9/h2-8,14H,1H3,(H2,13,16,17). The van der Waals surface area contributed by atoms with Gasteiger partial charge in [-0.3, -0.25) is 5.43 Å². The fraction of sp³-hybridized carbons (Fsp3) is 0.0833. The monoisotopic (exact) mass is 279 g/mol. The van der Waals surface area contributed by atoms with Gasteiger partial charge >= 0.3 is 0 Å². The van der Waals surface area contributed by atoms with Crippen molar-refractivity contribution in [3.63, 3.8) is 0 Å². The van der Waals surface area contributed by atoms with E-state index in [1.165, 1.54) is 19.4 Å². The zero-order valence-electron chi connectivity index (χ0n) is 10.2. The second-order valence-corrected chi connectivity index (χ2v) is 5.31. The molecule has 0 aliphatic carbocycles. The van der Waals surface area contributed by atoms with Crippen molar-refractivity contribution < 1.29 is 13.2 Å². The Labute approximate surface area is 111 Å². The van der Waals surface area contributed by atoms with Gasteiger partial charge in [0.2, 0.25) is 10.0 Å². The van der Waals surface area contributed by atoms with Crippen LogP contribution in [0.15, 0.2) is 46.5 Å². The molecular weight excluding hydrogens is 266 g/mol. The van der Waals surface area contributed by atoms with E-state index in [0.29, 0.717) is 16.9 Å². The molecule has 1 aromatic carbocycles. The molecule has 0 saturated carbocycles. The number of benzene rings is 1. The molecule has 7 heteroatoms. The molecule has 2 rings (SSSR count). The van der Waals surface area contributed by atoms with Gasteiger partial charge in [0.15, 0.2) is 0 Å². The van der Waals surface area contributed by atoms with E-state index in [4.69, 9.17) is 9.88 Å². The Morgan fingerprint density at radius 1 is 1.37 bits per heavy atom. The maximum atomic E-state index is 11.6. The Bertz CT molecular complexity index is 675. The summed E-state index contributed by atoms with van der Waals surface area (Å²) in [6.45, 7) is 0. The zero-order valence-corrected chi connectivity index (χ0v) is 11.0. The van der Waals surface area contributed by atoms with Crippen molar-refractivity contribution >= 4 is 21.8 Å². The van der Waals surface area contributed by atoms with E-state index in [2.05, 4.69) is 10.5 Å². The predicted molar refractivity (Wildman–Crippen MR) is 73.1 cm³/mol. The van der Waals surface area contributed by atoms with Crippen LogP contribution < -0.4 is 15.3 Å². The summed E-state index contributed by atoms with van der Waals surface area (Å²) in [5, 5.41) is 9.12. The topological polar surface area (TPSA) is 93.8 Å². The first kappa shape index (κ1) is 13.3. The molecule has 1 aliphatic rings. The summed E-state index contributed by atoms with van der Waals surface area (Å²) in [6, 6.07) is 4.57. The van der Waals surface area contributed by atoms with Crippen LogP contribution in [-0.2, 0) is 10.0 Å². The average Bonchev–Trinajstić information content (AvgIpc) is 2.65. The number of allylic oxidation sites excluding steroid dienone is 3.